The average Bonchev–Trinajstić information content (AvgIpc) is 2.84. The zero-order valence-corrected chi connectivity index (χ0v) is 15.7. The molecule has 2 rings (SSSR count). The van der Waals surface area contributed by atoms with Gasteiger partial charge in [0.05, 0.1) is 29.5 Å². The molecule has 114 valence electrons. The summed E-state index contributed by atoms with van der Waals surface area (Å²) in [7, 11) is 3.62. The number of ether oxygens (including phenoxy) is 1. The summed E-state index contributed by atoms with van der Waals surface area (Å²) >= 11 is 7.25. The van der Waals surface area contributed by atoms with Crippen molar-refractivity contribution in [2.45, 2.75) is 25.9 Å². The van der Waals surface area contributed by atoms with Gasteiger partial charge in [-0.2, -0.15) is 5.10 Å². The van der Waals surface area contributed by atoms with E-state index in [4.69, 9.17) is 4.74 Å². The Morgan fingerprint density at radius 2 is 1.95 bits per heavy atom. The molecule has 6 heteroatoms. The Balaban J connectivity index is 2.57. The first-order chi connectivity index (χ1) is 9.99. The molecule has 0 spiro atoms. The van der Waals surface area contributed by atoms with Crippen molar-refractivity contribution in [3.63, 3.8) is 0 Å². The summed E-state index contributed by atoms with van der Waals surface area (Å²) in [6, 6.07) is 6.27. The van der Waals surface area contributed by atoms with E-state index >= 15 is 0 Å². The molecule has 21 heavy (non-hydrogen) atoms. The Hall–Kier alpha value is -0.850. The third kappa shape index (κ3) is 3.33. The van der Waals surface area contributed by atoms with Gasteiger partial charge in [-0.05, 0) is 60.6 Å². The number of halogens is 2. The van der Waals surface area contributed by atoms with E-state index in [2.05, 4.69) is 56.1 Å². The quantitative estimate of drug-likeness (QED) is 0.789. The fraction of sp³-hybridized carbons (Fsp3) is 0.400. The van der Waals surface area contributed by atoms with Gasteiger partial charge in [-0.15, -0.1) is 0 Å². The second-order valence-electron chi connectivity index (χ2n) is 5.03. The minimum atomic E-state index is 0.00810. The minimum absolute atomic E-state index is 0.00810. The van der Waals surface area contributed by atoms with Gasteiger partial charge >= 0.3 is 0 Å². The lowest BCUT2D eigenvalue weighted by molar-refractivity contribution is 0.413. The van der Waals surface area contributed by atoms with Crippen LogP contribution in [0.25, 0.3) is 0 Å². The van der Waals surface area contributed by atoms with Gasteiger partial charge in [0, 0.05) is 10.5 Å². The summed E-state index contributed by atoms with van der Waals surface area (Å²) in [4.78, 5) is 0. The number of hydrogen-bond donors (Lipinski definition) is 1. The number of methoxy groups -OCH3 is 1. The fourth-order valence-electron chi connectivity index (χ4n) is 2.34. The second-order valence-corrected chi connectivity index (χ2v) is 6.73. The van der Waals surface area contributed by atoms with Crippen molar-refractivity contribution >= 4 is 31.9 Å². The largest absolute Gasteiger partial charge is 0.497 e. The summed E-state index contributed by atoms with van der Waals surface area (Å²) in [5.41, 5.74) is 2.21. The van der Waals surface area contributed by atoms with Gasteiger partial charge in [-0.1, -0.05) is 15.9 Å². The third-order valence-electron chi connectivity index (χ3n) is 3.35. The average molecular weight is 417 g/mol. The number of aromatic nitrogens is 2. The monoisotopic (exact) mass is 415 g/mol. The van der Waals surface area contributed by atoms with Crippen LogP contribution in [0.1, 0.15) is 37.2 Å². The Morgan fingerprint density at radius 3 is 2.52 bits per heavy atom. The Bertz CT molecular complexity index is 625. The first kappa shape index (κ1) is 16.5. The van der Waals surface area contributed by atoms with Crippen molar-refractivity contribution < 1.29 is 4.74 Å². The number of hydrogen-bond acceptors (Lipinski definition) is 3. The number of nitrogens with one attached hydrogen (secondary N) is 1. The van der Waals surface area contributed by atoms with Crippen molar-refractivity contribution in [2.24, 2.45) is 0 Å². The highest BCUT2D eigenvalue weighted by Crippen LogP contribution is 2.35. The summed E-state index contributed by atoms with van der Waals surface area (Å²) in [6.45, 7) is 4.24. The predicted octanol–water partition coefficient (Wildman–Crippen LogP) is 4.31. The van der Waals surface area contributed by atoms with Gasteiger partial charge in [0.2, 0.25) is 0 Å². The van der Waals surface area contributed by atoms with Crippen LogP contribution in [-0.4, -0.2) is 23.9 Å². The molecule has 0 aliphatic rings. The standard InChI is InChI=1S/C15H19Br2N3O/c1-9(2)20-15(13(17)8-19-20)14(18-3)11-7-10(21-4)5-6-12(11)16/h5-9,14,18H,1-4H3. The first-order valence-corrected chi connectivity index (χ1v) is 8.31. The van der Waals surface area contributed by atoms with Crippen LogP contribution in [0.5, 0.6) is 5.75 Å². The fourth-order valence-corrected chi connectivity index (χ4v) is 3.32. The molecule has 1 unspecified atom stereocenters. The van der Waals surface area contributed by atoms with E-state index in [1.54, 1.807) is 7.11 Å². The topological polar surface area (TPSA) is 39.1 Å². The molecule has 0 saturated heterocycles. The van der Waals surface area contributed by atoms with Crippen LogP contribution in [0.15, 0.2) is 33.3 Å². The van der Waals surface area contributed by atoms with E-state index in [0.29, 0.717) is 0 Å². The normalized spacial score (nSPS) is 12.7. The van der Waals surface area contributed by atoms with Crippen LogP contribution >= 0.6 is 31.9 Å². The molecule has 1 atom stereocenters. The van der Waals surface area contributed by atoms with Gasteiger partial charge in [0.1, 0.15) is 5.75 Å². The highest BCUT2D eigenvalue weighted by Gasteiger charge is 2.24. The van der Waals surface area contributed by atoms with Crippen LogP contribution in [0, 0.1) is 0 Å². The molecule has 4 nitrogen and oxygen atoms in total. The summed E-state index contributed by atoms with van der Waals surface area (Å²) in [5, 5.41) is 7.84. The molecule has 0 fully saturated rings. The molecule has 1 heterocycles. The molecule has 0 radical (unpaired) electrons. The van der Waals surface area contributed by atoms with Crippen LogP contribution in [0.2, 0.25) is 0 Å². The lowest BCUT2D eigenvalue weighted by Crippen LogP contribution is -2.23. The molecule has 0 bridgehead atoms. The Morgan fingerprint density at radius 1 is 1.24 bits per heavy atom. The Kier molecular flexibility index (Phi) is 5.46. The van der Waals surface area contributed by atoms with Gasteiger partial charge < -0.3 is 10.1 Å². The molecule has 0 aliphatic carbocycles. The molecule has 0 amide bonds. The number of nitrogens with zero attached hydrogens (tertiary/aromatic N) is 2. The van der Waals surface area contributed by atoms with Crippen molar-refractivity contribution in [3.05, 3.63) is 44.6 Å². The molecule has 0 aliphatic heterocycles. The smallest absolute Gasteiger partial charge is 0.119 e. The maximum atomic E-state index is 5.35. The SMILES string of the molecule is CNC(c1cc(OC)ccc1Br)c1c(Br)cnn1C(C)C. The zero-order chi connectivity index (χ0) is 15.6. The predicted molar refractivity (Wildman–Crippen MR) is 91.9 cm³/mol. The number of benzene rings is 1. The summed E-state index contributed by atoms with van der Waals surface area (Å²) in [5.74, 6) is 0.834. The molecular weight excluding hydrogens is 398 g/mol. The highest BCUT2D eigenvalue weighted by atomic mass is 79.9. The van der Waals surface area contributed by atoms with Gasteiger partial charge in [0.25, 0.3) is 0 Å². The van der Waals surface area contributed by atoms with E-state index in [1.807, 2.05) is 36.1 Å². The van der Waals surface area contributed by atoms with E-state index in [-0.39, 0.29) is 12.1 Å². The first-order valence-electron chi connectivity index (χ1n) is 6.73. The molecule has 1 aromatic heterocycles. The summed E-state index contributed by atoms with van der Waals surface area (Å²) in [6.07, 6.45) is 1.84. The van der Waals surface area contributed by atoms with E-state index < -0.39 is 0 Å². The molecule has 0 saturated carbocycles. The van der Waals surface area contributed by atoms with Crippen LogP contribution in [0.4, 0.5) is 0 Å². The van der Waals surface area contributed by atoms with E-state index in [9.17, 15) is 0 Å². The van der Waals surface area contributed by atoms with E-state index in [0.717, 1.165) is 26.0 Å². The van der Waals surface area contributed by atoms with Crippen LogP contribution in [0.3, 0.4) is 0 Å². The molecule has 1 N–H and O–H groups in total. The van der Waals surface area contributed by atoms with Gasteiger partial charge in [-0.25, -0.2) is 0 Å². The van der Waals surface area contributed by atoms with Crippen molar-refractivity contribution in [1.82, 2.24) is 15.1 Å². The second kappa shape index (κ2) is 6.94. The van der Waals surface area contributed by atoms with Gasteiger partial charge in [-0.3, -0.25) is 4.68 Å². The molecular formula is C15H19Br2N3O. The highest BCUT2D eigenvalue weighted by molar-refractivity contribution is 9.10. The minimum Gasteiger partial charge on any atom is -0.497 e. The van der Waals surface area contributed by atoms with Gasteiger partial charge in [0.15, 0.2) is 0 Å². The van der Waals surface area contributed by atoms with Crippen molar-refractivity contribution in [2.75, 3.05) is 14.2 Å². The maximum absolute atomic E-state index is 5.35. The summed E-state index contributed by atoms with van der Waals surface area (Å²) < 4.78 is 9.40. The molecule has 1 aromatic carbocycles. The van der Waals surface area contributed by atoms with E-state index in [1.165, 1.54) is 0 Å². The Labute approximate surface area is 142 Å². The van der Waals surface area contributed by atoms with Crippen LogP contribution < -0.4 is 10.1 Å². The maximum Gasteiger partial charge on any atom is 0.119 e. The van der Waals surface area contributed by atoms with Crippen LogP contribution in [-0.2, 0) is 0 Å². The van der Waals surface area contributed by atoms with Crippen molar-refractivity contribution in [3.8, 4) is 5.75 Å². The number of rotatable bonds is 5. The molecule has 2 aromatic rings. The third-order valence-corrected chi connectivity index (χ3v) is 4.69. The zero-order valence-electron chi connectivity index (χ0n) is 12.5. The van der Waals surface area contributed by atoms with Crippen molar-refractivity contribution in [1.29, 1.82) is 0 Å². The lowest BCUT2D eigenvalue weighted by atomic mass is 10.0. The lowest BCUT2D eigenvalue weighted by Gasteiger charge is -2.22.